The first-order chi connectivity index (χ1) is 11.6. The van der Waals surface area contributed by atoms with Crippen LogP contribution in [-0.4, -0.2) is 6.10 Å². The molecule has 0 atom stereocenters. The zero-order valence-electron chi connectivity index (χ0n) is 12.5. The Balaban J connectivity index is 1.94. The van der Waals surface area contributed by atoms with Crippen molar-refractivity contribution in [2.24, 2.45) is 0 Å². The number of hydrogen-bond acceptors (Lipinski definition) is 3. The van der Waals surface area contributed by atoms with Gasteiger partial charge in [0.05, 0.1) is 11.4 Å². The van der Waals surface area contributed by atoms with E-state index < -0.39 is 17.5 Å². The maximum atomic E-state index is 13.9. The SMILES string of the molecule is N#Cc1c(Nc2ccc(F)cc2F)cc(F)cc1OC1CC=CC1. The molecule has 1 N–H and O–H groups in total. The standard InChI is InChI=1S/C18H13F3N2O/c19-11-5-6-16(15(21)7-11)23-17-8-12(20)9-18(14(17)10-22)24-13-3-1-2-4-13/h1-2,5-9,13,23H,3-4H2. The van der Waals surface area contributed by atoms with E-state index >= 15 is 0 Å². The first-order valence-electron chi connectivity index (χ1n) is 7.34. The van der Waals surface area contributed by atoms with Crippen LogP contribution in [0.15, 0.2) is 42.5 Å². The summed E-state index contributed by atoms with van der Waals surface area (Å²) in [6.07, 6.45) is 5.09. The quantitative estimate of drug-likeness (QED) is 0.818. The summed E-state index contributed by atoms with van der Waals surface area (Å²) in [5, 5.41) is 12.0. The van der Waals surface area contributed by atoms with E-state index in [-0.39, 0.29) is 28.8 Å². The van der Waals surface area contributed by atoms with E-state index in [0.717, 1.165) is 18.2 Å². The molecule has 0 amide bonds. The largest absolute Gasteiger partial charge is 0.488 e. The normalized spacial score (nSPS) is 13.8. The Bertz CT molecular complexity index is 835. The lowest BCUT2D eigenvalue weighted by atomic mass is 10.1. The molecule has 0 bridgehead atoms. The average Bonchev–Trinajstić information content (AvgIpc) is 3.03. The van der Waals surface area contributed by atoms with Gasteiger partial charge in [0.2, 0.25) is 0 Å². The molecule has 3 nitrogen and oxygen atoms in total. The van der Waals surface area contributed by atoms with Gasteiger partial charge in [-0.15, -0.1) is 0 Å². The minimum atomic E-state index is -0.842. The van der Waals surface area contributed by atoms with Gasteiger partial charge in [0.1, 0.15) is 40.9 Å². The predicted octanol–water partition coefficient (Wildman–Crippen LogP) is 4.82. The summed E-state index contributed by atoms with van der Waals surface area (Å²) in [6.45, 7) is 0. The number of hydrogen-bond donors (Lipinski definition) is 1. The van der Waals surface area contributed by atoms with Gasteiger partial charge in [0.25, 0.3) is 0 Å². The minimum absolute atomic E-state index is 0.0592. The summed E-state index contributed by atoms with van der Waals surface area (Å²) in [6, 6.07) is 7.09. The van der Waals surface area contributed by atoms with Gasteiger partial charge in [-0.25, -0.2) is 13.2 Å². The fourth-order valence-electron chi connectivity index (χ4n) is 2.49. The van der Waals surface area contributed by atoms with E-state index in [1.165, 1.54) is 6.07 Å². The number of benzene rings is 2. The number of rotatable bonds is 4. The van der Waals surface area contributed by atoms with Crippen LogP contribution in [0.4, 0.5) is 24.5 Å². The second kappa shape index (κ2) is 6.67. The highest BCUT2D eigenvalue weighted by atomic mass is 19.1. The molecule has 1 aliphatic rings. The maximum Gasteiger partial charge on any atom is 0.149 e. The third-order valence-electron chi connectivity index (χ3n) is 3.64. The van der Waals surface area contributed by atoms with Gasteiger partial charge in [-0.3, -0.25) is 0 Å². The molecule has 6 heteroatoms. The highest BCUT2D eigenvalue weighted by Gasteiger charge is 2.18. The molecule has 0 aliphatic heterocycles. The van der Waals surface area contributed by atoms with Crippen LogP contribution in [0, 0.1) is 28.8 Å². The van der Waals surface area contributed by atoms with Gasteiger partial charge in [-0.2, -0.15) is 5.26 Å². The Hall–Kier alpha value is -2.94. The summed E-state index contributed by atoms with van der Waals surface area (Å²) in [5.74, 6) is -2.10. The van der Waals surface area contributed by atoms with E-state index in [1.54, 1.807) is 0 Å². The Labute approximate surface area is 137 Å². The molecule has 3 rings (SSSR count). The summed E-state index contributed by atoms with van der Waals surface area (Å²) in [5.41, 5.74) is 0.0583. The van der Waals surface area contributed by atoms with Crippen LogP contribution in [0.2, 0.25) is 0 Å². The van der Waals surface area contributed by atoms with Crippen molar-refractivity contribution < 1.29 is 17.9 Å². The van der Waals surface area contributed by atoms with E-state index in [9.17, 15) is 18.4 Å². The van der Waals surface area contributed by atoms with Gasteiger partial charge < -0.3 is 10.1 Å². The molecule has 2 aromatic rings. The van der Waals surface area contributed by atoms with Crippen LogP contribution in [0.25, 0.3) is 0 Å². The van der Waals surface area contributed by atoms with Crippen LogP contribution in [0.5, 0.6) is 5.75 Å². The lowest BCUT2D eigenvalue weighted by Gasteiger charge is -2.17. The fraction of sp³-hybridized carbons (Fsp3) is 0.167. The lowest BCUT2D eigenvalue weighted by molar-refractivity contribution is 0.215. The molecule has 0 aromatic heterocycles. The third-order valence-corrected chi connectivity index (χ3v) is 3.64. The van der Waals surface area contributed by atoms with Crippen LogP contribution in [0.3, 0.4) is 0 Å². The van der Waals surface area contributed by atoms with Crippen molar-refractivity contribution in [3.8, 4) is 11.8 Å². The maximum absolute atomic E-state index is 13.9. The van der Waals surface area contributed by atoms with Crippen molar-refractivity contribution in [3.05, 3.63) is 65.5 Å². The summed E-state index contributed by atoms with van der Waals surface area (Å²) < 4.78 is 46.3. The van der Waals surface area contributed by atoms with E-state index in [0.29, 0.717) is 18.9 Å². The van der Waals surface area contributed by atoms with Crippen molar-refractivity contribution in [1.82, 2.24) is 0 Å². The second-order valence-corrected chi connectivity index (χ2v) is 5.37. The Morgan fingerprint density at radius 2 is 1.75 bits per heavy atom. The molecule has 0 radical (unpaired) electrons. The fourth-order valence-corrected chi connectivity index (χ4v) is 2.49. The van der Waals surface area contributed by atoms with Crippen molar-refractivity contribution in [3.63, 3.8) is 0 Å². The van der Waals surface area contributed by atoms with Gasteiger partial charge in [-0.1, -0.05) is 12.2 Å². The Morgan fingerprint density at radius 3 is 2.42 bits per heavy atom. The minimum Gasteiger partial charge on any atom is -0.488 e. The molecule has 0 heterocycles. The first-order valence-corrected chi connectivity index (χ1v) is 7.34. The molecule has 0 unspecified atom stereocenters. The summed E-state index contributed by atoms with van der Waals surface area (Å²) in [4.78, 5) is 0. The molecule has 0 fully saturated rings. The zero-order chi connectivity index (χ0) is 17.1. The van der Waals surface area contributed by atoms with Gasteiger partial charge in [-0.05, 0) is 18.2 Å². The first kappa shape index (κ1) is 15.9. The van der Waals surface area contributed by atoms with Crippen molar-refractivity contribution in [1.29, 1.82) is 5.26 Å². The molecule has 2 aromatic carbocycles. The smallest absolute Gasteiger partial charge is 0.149 e. The number of anilines is 2. The molecule has 0 saturated carbocycles. The Kier molecular flexibility index (Phi) is 4.43. The number of nitriles is 1. The van der Waals surface area contributed by atoms with Crippen molar-refractivity contribution >= 4 is 11.4 Å². The zero-order valence-corrected chi connectivity index (χ0v) is 12.5. The summed E-state index contributed by atoms with van der Waals surface area (Å²) in [7, 11) is 0. The monoisotopic (exact) mass is 330 g/mol. The molecule has 1 aliphatic carbocycles. The number of nitrogens with one attached hydrogen (secondary N) is 1. The Morgan fingerprint density at radius 1 is 1.00 bits per heavy atom. The number of halogens is 3. The van der Waals surface area contributed by atoms with Gasteiger partial charge >= 0.3 is 0 Å². The van der Waals surface area contributed by atoms with E-state index in [1.807, 2.05) is 18.2 Å². The van der Waals surface area contributed by atoms with Crippen molar-refractivity contribution in [2.75, 3.05) is 5.32 Å². The lowest BCUT2D eigenvalue weighted by Crippen LogP contribution is -2.13. The third kappa shape index (κ3) is 3.35. The van der Waals surface area contributed by atoms with Crippen LogP contribution in [-0.2, 0) is 0 Å². The molecule has 0 spiro atoms. The van der Waals surface area contributed by atoms with E-state index in [4.69, 9.17) is 4.74 Å². The molecule has 24 heavy (non-hydrogen) atoms. The molecule has 0 saturated heterocycles. The van der Waals surface area contributed by atoms with Crippen LogP contribution >= 0.6 is 0 Å². The average molecular weight is 330 g/mol. The van der Waals surface area contributed by atoms with Crippen LogP contribution < -0.4 is 10.1 Å². The predicted molar refractivity (Wildman–Crippen MR) is 83.5 cm³/mol. The molecular weight excluding hydrogens is 317 g/mol. The number of ether oxygens (including phenoxy) is 1. The van der Waals surface area contributed by atoms with E-state index in [2.05, 4.69) is 5.32 Å². The highest BCUT2D eigenvalue weighted by Crippen LogP contribution is 2.32. The van der Waals surface area contributed by atoms with Gasteiger partial charge in [0, 0.05) is 25.0 Å². The van der Waals surface area contributed by atoms with Crippen LogP contribution in [0.1, 0.15) is 18.4 Å². The molecular formula is C18H13F3N2O. The molecule has 122 valence electrons. The van der Waals surface area contributed by atoms with Gasteiger partial charge in [0.15, 0.2) is 0 Å². The highest BCUT2D eigenvalue weighted by molar-refractivity contribution is 5.70. The van der Waals surface area contributed by atoms with Crippen molar-refractivity contribution in [2.45, 2.75) is 18.9 Å². The second-order valence-electron chi connectivity index (χ2n) is 5.37. The summed E-state index contributed by atoms with van der Waals surface area (Å²) >= 11 is 0. The number of nitrogens with zero attached hydrogens (tertiary/aromatic N) is 1. The topological polar surface area (TPSA) is 45.0 Å².